The molecule has 4 rings (SSSR count). The Morgan fingerprint density at radius 1 is 1.25 bits per heavy atom. The van der Waals surface area contributed by atoms with E-state index in [2.05, 4.69) is 27.7 Å². The fourth-order valence-corrected chi connectivity index (χ4v) is 4.83. The van der Waals surface area contributed by atoms with E-state index in [1.54, 1.807) is 0 Å². The second-order valence-corrected chi connectivity index (χ2v) is 7.85. The summed E-state index contributed by atoms with van der Waals surface area (Å²) in [4.78, 5) is 2.45. The summed E-state index contributed by atoms with van der Waals surface area (Å²) < 4.78 is 5.69. The Morgan fingerprint density at radius 3 is 3.04 bits per heavy atom. The molecule has 2 heterocycles. The third-order valence-electron chi connectivity index (χ3n) is 5.85. The second kappa shape index (κ2) is 7.61. The van der Waals surface area contributed by atoms with Crippen molar-refractivity contribution >= 4 is 17.3 Å². The van der Waals surface area contributed by atoms with Crippen molar-refractivity contribution in [3.8, 4) is 0 Å². The molecule has 24 heavy (non-hydrogen) atoms. The van der Waals surface area contributed by atoms with Crippen LogP contribution in [0.15, 0.2) is 24.3 Å². The van der Waals surface area contributed by atoms with Gasteiger partial charge in [0.25, 0.3) is 0 Å². The van der Waals surface area contributed by atoms with Gasteiger partial charge in [-0.1, -0.05) is 24.1 Å². The van der Waals surface area contributed by atoms with E-state index in [0.29, 0.717) is 24.0 Å². The first-order chi connectivity index (χ1) is 11.8. The molecule has 3 fully saturated rings. The summed E-state index contributed by atoms with van der Waals surface area (Å²) in [6.07, 6.45) is 5.18. The molecule has 2 saturated heterocycles. The van der Waals surface area contributed by atoms with Gasteiger partial charge in [-0.2, -0.15) is 0 Å². The number of morpholine rings is 1. The molecule has 0 spiro atoms. The van der Waals surface area contributed by atoms with Crippen LogP contribution in [0.25, 0.3) is 0 Å². The van der Waals surface area contributed by atoms with E-state index in [1.807, 2.05) is 12.1 Å². The Balaban J connectivity index is 1.34. The number of rotatable bonds is 4. The quantitative estimate of drug-likeness (QED) is 0.876. The zero-order chi connectivity index (χ0) is 16.4. The van der Waals surface area contributed by atoms with E-state index in [9.17, 15) is 0 Å². The Hall–Kier alpha value is -0.810. The molecule has 2 aliphatic heterocycles. The van der Waals surface area contributed by atoms with Gasteiger partial charge in [-0.25, -0.2) is 0 Å². The molecule has 132 valence electrons. The summed E-state index contributed by atoms with van der Waals surface area (Å²) in [7, 11) is 0. The molecule has 0 bridgehead atoms. The van der Waals surface area contributed by atoms with Gasteiger partial charge in [0.05, 0.1) is 13.2 Å². The predicted molar refractivity (Wildman–Crippen MR) is 98.9 cm³/mol. The maximum absolute atomic E-state index is 6.14. The van der Waals surface area contributed by atoms with Crippen LogP contribution in [0.1, 0.15) is 25.7 Å². The molecule has 0 aromatic heterocycles. The topological polar surface area (TPSA) is 36.5 Å². The lowest BCUT2D eigenvalue weighted by molar-refractivity contribution is 0.0518. The van der Waals surface area contributed by atoms with Crippen molar-refractivity contribution in [3.05, 3.63) is 29.3 Å². The Labute approximate surface area is 149 Å². The van der Waals surface area contributed by atoms with Crippen molar-refractivity contribution in [2.45, 2.75) is 43.8 Å². The van der Waals surface area contributed by atoms with Crippen LogP contribution in [0.4, 0.5) is 5.69 Å². The number of halogens is 1. The third-order valence-corrected chi connectivity index (χ3v) is 6.08. The van der Waals surface area contributed by atoms with Gasteiger partial charge in [0.2, 0.25) is 0 Å². The highest BCUT2D eigenvalue weighted by molar-refractivity contribution is 6.30. The summed E-state index contributed by atoms with van der Waals surface area (Å²) in [6, 6.07) is 9.97. The van der Waals surface area contributed by atoms with E-state index in [1.165, 1.54) is 31.4 Å². The van der Waals surface area contributed by atoms with Gasteiger partial charge in [-0.05, 0) is 43.4 Å². The summed E-state index contributed by atoms with van der Waals surface area (Å²) >= 11 is 6.14. The molecule has 1 aliphatic carbocycles. The van der Waals surface area contributed by atoms with E-state index in [-0.39, 0.29) is 0 Å². The van der Waals surface area contributed by atoms with Crippen LogP contribution in [0, 0.1) is 5.92 Å². The molecule has 1 aromatic carbocycles. The minimum Gasteiger partial charge on any atom is -0.379 e. The molecule has 5 heteroatoms. The maximum Gasteiger partial charge on any atom is 0.0623 e. The van der Waals surface area contributed by atoms with Crippen LogP contribution in [0.5, 0.6) is 0 Å². The van der Waals surface area contributed by atoms with Crippen LogP contribution >= 0.6 is 11.6 Å². The lowest BCUT2D eigenvalue weighted by atomic mass is 9.93. The molecule has 3 aliphatic rings. The molecule has 4 unspecified atom stereocenters. The van der Waals surface area contributed by atoms with E-state index < -0.39 is 0 Å². The van der Waals surface area contributed by atoms with Crippen molar-refractivity contribution in [1.82, 2.24) is 10.6 Å². The van der Waals surface area contributed by atoms with Gasteiger partial charge in [-0.15, -0.1) is 0 Å². The maximum atomic E-state index is 6.14. The Kier molecular flexibility index (Phi) is 5.28. The van der Waals surface area contributed by atoms with Gasteiger partial charge in [0.15, 0.2) is 0 Å². The van der Waals surface area contributed by atoms with E-state index >= 15 is 0 Å². The average Bonchev–Trinajstić information content (AvgIpc) is 3.26. The zero-order valence-electron chi connectivity index (χ0n) is 14.2. The van der Waals surface area contributed by atoms with Gasteiger partial charge >= 0.3 is 0 Å². The zero-order valence-corrected chi connectivity index (χ0v) is 15.0. The first kappa shape index (κ1) is 16.6. The van der Waals surface area contributed by atoms with Crippen LogP contribution in [-0.4, -0.2) is 51.0 Å². The molecule has 1 saturated carbocycles. The van der Waals surface area contributed by atoms with Crippen LogP contribution in [-0.2, 0) is 4.74 Å². The molecular weight excluding hydrogens is 322 g/mol. The smallest absolute Gasteiger partial charge is 0.0623 e. The second-order valence-electron chi connectivity index (χ2n) is 7.41. The summed E-state index contributed by atoms with van der Waals surface area (Å²) in [6.45, 7) is 4.93. The van der Waals surface area contributed by atoms with Crippen LogP contribution in [0.3, 0.4) is 0 Å². The van der Waals surface area contributed by atoms with Gasteiger partial charge < -0.3 is 20.3 Å². The van der Waals surface area contributed by atoms with Gasteiger partial charge in [0.1, 0.15) is 0 Å². The highest BCUT2D eigenvalue weighted by Crippen LogP contribution is 2.31. The first-order valence-corrected chi connectivity index (χ1v) is 9.75. The van der Waals surface area contributed by atoms with Crippen molar-refractivity contribution in [2.24, 2.45) is 5.92 Å². The van der Waals surface area contributed by atoms with E-state index in [4.69, 9.17) is 16.3 Å². The molecule has 2 N–H and O–H groups in total. The number of nitrogens with one attached hydrogen (secondary N) is 2. The lowest BCUT2D eigenvalue weighted by Crippen LogP contribution is -2.52. The lowest BCUT2D eigenvalue weighted by Gasteiger charge is -2.34. The highest BCUT2D eigenvalue weighted by Gasteiger charge is 2.36. The molecule has 0 amide bonds. The van der Waals surface area contributed by atoms with Gasteiger partial charge in [0, 0.05) is 48.5 Å². The molecule has 1 aromatic rings. The summed E-state index contributed by atoms with van der Waals surface area (Å²) in [5.41, 5.74) is 1.25. The number of hydrogen-bond acceptors (Lipinski definition) is 4. The number of anilines is 1. The SMILES string of the molecule is Clc1cccc(N2CCC(NC3CCCC3C3COCCN3)C2)c1. The molecule has 4 nitrogen and oxygen atoms in total. The minimum atomic E-state index is 0.532. The van der Waals surface area contributed by atoms with Crippen molar-refractivity contribution in [3.63, 3.8) is 0 Å². The number of nitrogens with zero attached hydrogens (tertiary/aromatic N) is 1. The van der Waals surface area contributed by atoms with Gasteiger partial charge in [-0.3, -0.25) is 0 Å². The number of benzene rings is 1. The Morgan fingerprint density at radius 2 is 2.21 bits per heavy atom. The largest absolute Gasteiger partial charge is 0.379 e. The minimum absolute atomic E-state index is 0.532. The fraction of sp³-hybridized carbons (Fsp3) is 0.684. The third kappa shape index (κ3) is 3.72. The fourth-order valence-electron chi connectivity index (χ4n) is 4.64. The van der Waals surface area contributed by atoms with Crippen LogP contribution < -0.4 is 15.5 Å². The monoisotopic (exact) mass is 349 g/mol. The van der Waals surface area contributed by atoms with Crippen LogP contribution in [0.2, 0.25) is 5.02 Å². The van der Waals surface area contributed by atoms with Crippen molar-refractivity contribution in [1.29, 1.82) is 0 Å². The highest BCUT2D eigenvalue weighted by atomic mass is 35.5. The van der Waals surface area contributed by atoms with Crippen molar-refractivity contribution < 1.29 is 4.74 Å². The molecule has 0 radical (unpaired) electrons. The normalized spacial score (nSPS) is 34.0. The standard InChI is InChI=1S/C19H28ClN3O/c20-14-3-1-4-16(11-14)23-9-7-15(12-23)22-18-6-2-5-17(18)19-13-24-10-8-21-19/h1,3-4,11,15,17-19,21-22H,2,5-10,12-13H2. The summed E-state index contributed by atoms with van der Waals surface area (Å²) in [5.74, 6) is 0.713. The molecule has 4 atom stereocenters. The Bertz CT molecular complexity index is 549. The van der Waals surface area contributed by atoms with E-state index in [0.717, 1.165) is 37.9 Å². The average molecular weight is 350 g/mol. The molecular formula is C19H28ClN3O. The number of hydrogen-bond donors (Lipinski definition) is 2. The predicted octanol–water partition coefficient (Wildman–Crippen LogP) is 2.67. The number of ether oxygens (including phenoxy) is 1. The summed E-state index contributed by atoms with van der Waals surface area (Å²) in [5, 5.41) is 8.46. The van der Waals surface area contributed by atoms with Crippen molar-refractivity contribution in [2.75, 3.05) is 37.7 Å². The first-order valence-electron chi connectivity index (χ1n) is 9.37.